The second-order valence-electron chi connectivity index (χ2n) is 7.56. The van der Waals surface area contributed by atoms with Gasteiger partial charge >= 0.3 is 0 Å². The molecule has 1 unspecified atom stereocenters. The molecule has 0 saturated heterocycles. The fraction of sp³-hybridized carbons (Fsp3) is 0.185. The van der Waals surface area contributed by atoms with Crippen LogP contribution in [-0.4, -0.2) is 17.8 Å². The summed E-state index contributed by atoms with van der Waals surface area (Å²) < 4.78 is 5.94. The smallest absolute Gasteiger partial charge is 0.123 e. The molecule has 2 heteroatoms. The van der Waals surface area contributed by atoms with Gasteiger partial charge in [-0.1, -0.05) is 85.0 Å². The minimum absolute atomic E-state index is 0.108. The second-order valence-corrected chi connectivity index (χ2v) is 7.56. The molecule has 0 amide bonds. The second kappa shape index (κ2) is 8.50. The number of hydrogen-bond acceptors (Lipinski definition) is 2. The molecule has 0 spiro atoms. The van der Waals surface area contributed by atoms with Gasteiger partial charge in [0.1, 0.15) is 5.75 Å². The number of benzene rings is 3. The standard InChI is InChI=1S/C27H26O2/c1-19(2)23-16-17-29-27(23)15-13-21(20-8-4-3-5-9-20)18-22-12-14-26(28)25-11-7-6-10-24(22)25/h3-12,14,16,18,27-28H,1,13,15,17H2,2H3/b21-18-. The van der Waals surface area contributed by atoms with Gasteiger partial charge in [-0.2, -0.15) is 0 Å². The van der Waals surface area contributed by atoms with Gasteiger partial charge in [-0.3, -0.25) is 0 Å². The quantitative estimate of drug-likeness (QED) is 0.477. The van der Waals surface area contributed by atoms with Gasteiger partial charge < -0.3 is 9.84 Å². The maximum absolute atomic E-state index is 10.2. The Balaban J connectivity index is 1.70. The van der Waals surface area contributed by atoms with Crippen LogP contribution in [0.25, 0.3) is 22.4 Å². The Morgan fingerprint density at radius 1 is 1.03 bits per heavy atom. The highest BCUT2D eigenvalue weighted by Gasteiger charge is 2.21. The van der Waals surface area contributed by atoms with E-state index >= 15 is 0 Å². The molecular formula is C27H26O2. The minimum Gasteiger partial charge on any atom is -0.507 e. The van der Waals surface area contributed by atoms with Crippen LogP contribution in [0.3, 0.4) is 0 Å². The number of hydrogen-bond donors (Lipinski definition) is 1. The summed E-state index contributed by atoms with van der Waals surface area (Å²) in [5.74, 6) is 0.314. The van der Waals surface area contributed by atoms with Crippen molar-refractivity contribution >= 4 is 22.4 Å². The summed E-state index contributed by atoms with van der Waals surface area (Å²) in [6.07, 6.45) is 6.31. The lowest BCUT2D eigenvalue weighted by molar-refractivity contribution is 0.117. The van der Waals surface area contributed by atoms with Crippen LogP contribution >= 0.6 is 0 Å². The molecule has 1 aliphatic rings. The van der Waals surface area contributed by atoms with Crippen LogP contribution in [0.15, 0.2) is 90.5 Å². The normalized spacial score (nSPS) is 16.8. The lowest BCUT2D eigenvalue weighted by Crippen LogP contribution is -2.11. The van der Waals surface area contributed by atoms with E-state index in [1.54, 1.807) is 6.07 Å². The molecule has 29 heavy (non-hydrogen) atoms. The van der Waals surface area contributed by atoms with Crippen molar-refractivity contribution in [1.29, 1.82) is 0 Å². The van der Waals surface area contributed by atoms with Gasteiger partial charge in [-0.25, -0.2) is 0 Å². The molecule has 146 valence electrons. The lowest BCUT2D eigenvalue weighted by atomic mass is 9.92. The van der Waals surface area contributed by atoms with E-state index in [0.29, 0.717) is 12.4 Å². The number of rotatable bonds is 6. The first-order valence-corrected chi connectivity index (χ1v) is 10.1. The molecule has 2 nitrogen and oxygen atoms in total. The Labute approximate surface area is 172 Å². The van der Waals surface area contributed by atoms with E-state index in [9.17, 15) is 5.11 Å². The first-order chi connectivity index (χ1) is 14.1. The topological polar surface area (TPSA) is 29.5 Å². The zero-order chi connectivity index (χ0) is 20.2. The first-order valence-electron chi connectivity index (χ1n) is 10.1. The van der Waals surface area contributed by atoms with Crippen molar-refractivity contribution in [3.05, 3.63) is 102 Å². The summed E-state index contributed by atoms with van der Waals surface area (Å²) in [4.78, 5) is 0. The molecule has 0 bridgehead atoms. The maximum Gasteiger partial charge on any atom is 0.123 e. The summed E-state index contributed by atoms with van der Waals surface area (Å²) >= 11 is 0. The average Bonchev–Trinajstić information content (AvgIpc) is 3.22. The molecule has 0 fully saturated rings. The number of fused-ring (bicyclic) bond motifs is 1. The third-order valence-electron chi connectivity index (χ3n) is 5.53. The van der Waals surface area contributed by atoms with Crippen LogP contribution in [0.5, 0.6) is 5.75 Å². The number of ether oxygens (including phenoxy) is 1. The predicted octanol–water partition coefficient (Wildman–Crippen LogP) is 6.77. The molecule has 0 aromatic heterocycles. The van der Waals surface area contributed by atoms with Crippen LogP contribution in [0.2, 0.25) is 0 Å². The lowest BCUT2D eigenvalue weighted by Gasteiger charge is -2.17. The molecule has 0 radical (unpaired) electrons. The van der Waals surface area contributed by atoms with Crippen LogP contribution in [0, 0.1) is 0 Å². The van der Waals surface area contributed by atoms with Crippen molar-refractivity contribution in [2.75, 3.05) is 6.61 Å². The van der Waals surface area contributed by atoms with Gasteiger partial charge in [0.15, 0.2) is 0 Å². The van der Waals surface area contributed by atoms with E-state index in [0.717, 1.165) is 34.8 Å². The van der Waals surface area contributed by atoms with Crippen LogP contribution < -0.4 is 0 Å². The molecule has 3 aromatic rings. The maximum atomic E-state index is 10.2. The van der Waals surface area contributed by atoms with Crippen LogP contribution in [0.1, 0.15) is 30.9 Å². The third kappa shape index (κ3) is 4.18. The molecule has 1 heterocycles. The Hall–Kier alpha value is -3.10. The molecule has 0 saturated carbocycles. The summed E-state index contributed by atoms with van der Waals surface area (Å²) in [6.45, 7) is 6.81. The van der Waals surface area contributed by atoms with E-state index in [1.807, 2.05) is 37.3 Å². The third-order valence-corrected chi connectivity index (χ3v) is 5.53. The van der Waals surface area contributed by atoms with E-state index in [4.69, 9.17) is 4.74 Å². The summed E-state index contributed by atoms with van der Waals surface area (Å²) in [5, 5.41) is 12.2. The van der Waals surface area contributed by atoms with Gasteiger partial charge in [0.2, 0.25) is 0 Å². The fourth-order valence-corrected chi connectivity index (χ4v) is 4.02. The molecular weight excluding hydrogens is 356 g/mol. The van der Waals surface area contributed by atoms with Crippen molar-refractivity contribution in [3.8, 4) is 5.75 Å². The van der Waals surface area contributed by atoms with E-state index in [2.05, 4.69) is 49.1 Å². The van der Waals surface area contributed by atoms with E-state index in [1.165, 1.54) is 16.7 Å². The number of allylic oxidation sites excluding steroid dienone is 1. The Morgan fingerprint density at radius 2 is 1.76 bits per heavy atom. The Morgan fingerprint density at radius 3 is 2.52 bits per heavy atom. The summed E-state index contributed by atoms with van der Waals surface area (Å²) in [5.41, 5.74) is 5.90. The van der Waals surface area contributed by atoms with Crippen molar-refractivity contribution in [2.24, 2.45) is 0 Å². The van der Waals surface area contributed by atoms with Crippen molar-refractivity contribution < 1.29 is 9.84 Å². The van der Waals surface area contributed by atoms with Crippen molar-refractivity contribution in [1.82, 2.24) is 0 Å². The zero-order valence-electron chi connectivity index (χ0n) is 16.8. The molecule has 3 aromatic carbocycles. The number of phenolic OH excluding ortho intramolecular Hbond substituents is 1. The summed E-state index contributed by atoms with van der Waals surface area (Å²) in [6, 6.07) is 22.2. The SMILES string of the molecule is C=C(C)C1=CCOC1CC/C(=C/c1ccc(O)c2ccccc12)c1ccccc1. The van der Waals surface area contributed by atoms with Gasteiger partial charge in [-0.05, 0) is 53.5 Å². The Bertz CT molecular complexity index is 1090. The average molecular weight is 383 g/mol. The zero-order valence-corrected chi connectivity index (χ0v) is 16.8. The highest BCUT2D eigenvalue weighted by atomic mass is 16.5. The predicted molar refractivity (Wildman–Crippen MR) is 122 cm³/mol. The molecule has 4 rings (SSSR count). The first kappa shape index (κ1) is 19.2. The van der Waals surface area contributed by atoms with Gasteiger partial charge in [0.05, 0.1) is 12.7 Å². The minimum atomic E-state index is 0.108. The number of phenols is 1. The van der Waals surface area contributed by atoms with Gasteiger partial charge in [-0.15, -0.1) is 0 Å². The van der Waals surface area contributed by atoms with Crippen LogP contribution in [-0.2, 0) is 4.74 Å². The van der Waals surface area contributed by atoms with E-state index in [-0.39, 0.29) is 6.10 Å². The molecule has 1 N–H and O–H groups in total. The molecule has 1 atom stereocenters. The molecule has 0 aliphatic carbocycles. The van der Waals surface area contributed by atoms with Gasteiger partial charge in [0.25, 0.3) is 0 Å². The highest BCUT2D eigenvalue weighted by Crippen LogP contribution is 2.33. The van der Waals surface area contributed by atoms with Crippen molar-refractivity contribution in [3.63, 3.8) is 0 Å². The van der Waals surface area contributed by atoms with Crippen molar-refractivity contribution in [2.45, 2.75) is 25.9 Å². The largest absolute Gasteiger partial charge is 0.507 e. The monoisotopic (exact) mass is 382 g/mol. The van der Waals surface area contributed by atoms with E-state index < -0.39 is 0 Å². The van der Waals surface area contributed by atoms with Crippen LogP contribution in [0.4, 0.5) is 0 Å². The summed E-state index contributed by atoms with van der Waals surface area (Å²) in [7, 11) is 0. The Kier molecular flexibility index (Phi) is 5.64. The highest BCUT2D eigenvalue weighted by molar-refractivity contribution is 5.98. The number of aromatic hydroxyl groups is 1. The van der Waals surface area contributed by atoms with Gasteiger partial charge in [0, 0.05) is 5.39 Å². The molecule has 1 aliphatic heterocycles. The fourth-order valence-electron chi connectivity index (χ4n) is 4.02.